The highest BCUT2D eigenvalue weighted by Crippen LogP contribution is 2.13. The van der Waals surface area contributed by atoms with Crippen LogP contribution in [0.5, 0.6) is 5.75 Å². The first kappa shape index (κ1) is 14.4. The van der Waals surface area contributed by atoms with Gasteiger partial charge in [-0.2, -0.15) is 0 Å². The molecule has 0 spiro atoms. The van der Waals surface area contributed by atoms with Crippen LogP contribution in [0.1, 0.15) is 32.3 Å². The van der Waals surface area contributed by atoms with Crippen molar-refractivity contribution in [3.8, 4) is 5.75 Å². The van der Waals surface area contributed by atoms with Crippen molar-refractivity contribution in [3.05, 3.63) is 29.8 Å². The Kier molecular flexibility index (Phi) is 5.67. The molecule has 0 aromatic heterocycles. The molecule has 1 atom stereocenters. The summed E-state index contributed by atoms with van der Waals surface area (Å²) in [6.07, 6.45) is 2.73. The number of nitrogens with one attached hydrogen (secondary N) is 1. The van der Waals surface area contributed by atoms with E-state index in [0.29, 0.717) is 6.04 Å². The number of nitrogens with zero attached hydrogens (tertiary/aromatic N) is 1. The Morgan fingerprint density at radius 1 is 1.21 bits per heavy atom. The van der Waals surface area contributed by atoms with Crippen molar-refractivity contribution in [3.63, 3.8) is 0 Å². The summed E-state index contributed by atoms with van der Waals surface area (Å²) in [5.41, 5.74) is 1.32. The maximum Gasteiger partial charge on any atom is 0.119 e. The van der Waals surface area contributed by atoms with E-state index in [2.05, 4.69) is 29.3 Å². The van der Waals surface area contributed by atoms with Gasteiger partial charge in [-0.3, -0.25) is 4.90 Å². The van der Waals surface area contributed by atoms with Gasteiger partial charge in [-0.25, -0.2) is 0 Å². The number of hydrogen-bond donors (Lipinski definition) is 1. The average molecular weight is 262 g/mol. The molecular weight excluding hydrogens is 236 g/mol. The van der Waals surface area contributed by atoms with Crippen LogP contribution in [0.2, 0.25) is 0 Å². The Morgan fingerprint density at radius 2 is 1.89 bits per heavy atom. The summed E-state index contributed by atoms with van der Waals surface area (Å²) >= 11 is 0. The van der Waals surface area contributed by atoms with Gasteiger partial charge < -0.3 is 10.1 Å². The van der Waals surface area contributed by atoms with Crippen LogP contribution in [0.3, 0.4) is 0 Å². The Morgan fingerprint density at radius 3 is 2.53 bits per heavy atom. The first-order chi connectivity index (χ1) is 9.29. The number of likely N-dealkylation sites (tertiary alicyclic amines) is 1. The lowest BCUT2D eigenvalue weighted by Crippen LogP contribution is -2.38. The van der Waals surface area contributed by atoms with E-state index < -0.39 is 0 Å². The van der Waals surface area contributed by atoms with Gasteiger partial charge in [-0.15, -0.1) is 0 Å². The molecule has 0 bridgehead atoms. The smallest absolute Gasteiger partial charge is 0.119 e. The predicted octanol–water partition coefficient (Wildman–Crippen LogP) is 2.66. The second-order valence-corrected chi connectivity index (χ2v) is 5.30. The normalized spacial score (nSPS) is 17.6. The van der Waals surface area contributed by atoms with Gasteiger partial charge >= 0.3 is 0 Å². The fraction of sp³-hybridized carbons (Fsp3) is 0.625. The van der Waals surface area contributed by atoms with Crippen LogP contribution < -0.4 is 10.1 Å². The van der Waals surface area contributed by atoms with Gasteiger partial charge in [0.25, 0.3) is 0 Å². The van der Waals surface area contributed by atoms with Crippen molar-refractivity contribution >= 4 is 0 Å². The highest BCUT2D eigenvalue weighted by atomic mass is 16.5. The van der Waals surface area contributed by atoms with Gasteiger partial charge in [-0.1, -0.05) is 12.1 Å². The molecule has 1 aliphatic rings. The van der Waals surface area contributed by atoms with Gasteiger partial charge in [0.2, 0.25) is 0 Å². The number of hydrogen-bond acceptors (Lipinski definition) is 3. The topological polar surface area (TPSA) is 24.5 Å². The summed E-state index contributed by atoms with van der Waals surface area (Å²) in [7, 11) is 0. The fourth-order valence-electron chi connectivity index (χ4n) is 2.61. The molecule has 106 valence electrons. The van der Waals surface area contributed by atoms with E-state index in [1.54, 1.807) is 0 Å². The lowest BCUT2D eigenvalue weighted by molar-refractivity contribution is 0.251. The highest BCUT2D eigenvalue weighted by Gasteiger charge is 2.17. The standard InChI is InChI=1S/C16H26N2O/c1-3-19-16-8-6-15(7-9-16)13-17-12-14(2)18-10-4-5-11-18/h6-9,14,17H,3-5,10-13H2,1-2H3. The second kappa shape index (κ2) is 7.51. The quantitative estimate of drug-likeness (QED) is 0.817. The molecule has 1 heterocycles. The summed E-state index contributed by atoms with van der Waals surface area (Å²) in [5, 5.41) is 3.55. The third-order valence-corrected chi connectivity index (χ3v) is 3.77. The predicted molar refractivity (Wildman–Crippen MR) is 79.6 cm³/mol. The minimum Gasteiger partial charge on any atom is -0.494 e. The molecule has 0 aliphatic carbocycles. The van der Waals surface area contributed by atoms with Gasteiger partial charge in [0.1, 0.15) is 5.75 Å². The van der Waals surface area contributed by atoms with E-state index in [1.807, 2.05) is 19.1 Å². The molecule has 0 saturated carbocycles. The van der Waals surface area contributed by atoms with Crippen molar-refractivity contribution < 1.29 is 4.74 Å². The summed E-state index contributed by atoms with van der Waals surface area (Å²) in [6.45, 7) is 9.59. The first-order valence-electron chi connectivity index (χ1n) is 7.46. The molecule has 1 fully saturated rings. The molecule has 19 heavy (non-hydrogen) atoms. The van der Waals surface area contributed by atoms with Crippen molar-refractivity contribution in [1.29, 1.82) is 0 Å². The monoisotopic (exact) mass is 262 g/mol. The molecular formula is C16H26N2O. The minimum atomic E-state index is 0.644. The molecule has 0 amide bonds. The van der Waals surface area contributed by atoms with Crippen molar-refractivity contribution in [1.82, 2.24) is 10.2 Å². The number of benzene rings is 1. The van der Waals surface area contributed by atoms with Gasteiger partial charge in [-0.05, 0) is 57.5 Å². The molecule has 3 nitrogen and oxygen atoms in total. The molecule has 1 saturated heterocycles. The summed E-state index contributed by atoms with van der Waals surface area (Å²) < 4.78 is 5.44. The van der Waals surface area contributed by atoms with E-state index in [4.69, 9.17) is 4.74 Å². The Hall–Kier alpha value is -1.06. The molecule has 3 heteroatoms. The largest absolute Gasteiger partial charge is 0.494 e. The van der Waals surface area contributed by atoms with E-state index in [-0.39, 0.29) is 0 Å². The lowest BCUT2D eigenvalue weighted by Gasteiger charge is -2.24. The Bertz CT molecular complexity index is 358. The van der Waals surface area contributed by atoms with Crippen LogP contribution in [0.15, 0.2) is 24.3 Å². The second-order valence-electron chi connectivity index (χ2n) is 5.30. The summed E-state index contributed by atoms with van der Waals surface area (Å²) in [4.78, 5) is 2.57. The SMILES string of the molecule is CCOc1ccc(CNCC(C)N2CCCC2)cc1. The zero-order valence-electron chi connectivity index (χ0n) is 12.2. The molecule has 1 aliphatic heterocycles. The molecule has 0 radical (unpaired) electrons. The average Bonchev–Trinajstić information content (AvgIpc) is 2.95. The van der Waals surface area contributed by atoms with Crippen molar-refractivity contribution in [2.24, 2.45) is 0 Å². The van der Waals surface area contributed by atoms with Crippen LogP contribution in [-0.2, 0) is 6.54 Å². The van der Waals surface area contributed by atoms with E-state index in [0.717, 1.165) is 25.4 Å². The number of rotatable bonds is 7. The van der Waals surface area contributed by atoms with E-state index in [9.17, 15) is 0 Å². The van der Waals surface area contributed by atoms with Crippen LogP contribution >= 0.6 is 0 Å². The van der Waals surface area contributed by atoms with Crippen molar-refractivity contribution in [2.45, 2.75) is 39.3 Å². The summed E-state index contributed by atoms with van der Waals surface area (Å²) in [6, 6.07) is 9.01. The molecule has 1 unspecified atom stereocenters. The Labute approximate surface area is 116 Å². The maximum absolute atomic E-state index is 5.44. The lowest BCUT2D eigenvalue weighted by atomic mass is 10.2. The van der Waals surface area contributed by atoms with Crippen LogP contribution in [-0.4, -0.2) is 37.2 Å². The van der Waals surface area contributed by atoms with Crippen LogP contribution in [0.4, 0.5) is 0 Å². The Balaban J connectivity index is 1.69. The third-order valence-electron chi connectivity index (χ3n) is 3.77. The first-order valence-corrected chi connectivity index (χ1v) is 7.46. The molecule has 1 aromatic rings. The molecule has 1 N–H and O–H groups in total. The van der Waals surface area contributed by atoms with Gasteiger partial charge in [0.15, 0.2) is 0 Å². The van der Waals surface area contributed by atoms with Crippen molar-refractivity contribution in [2.75, 3.05) is 26.2 Å². The molecule has 1 aromatic carbocycles. The fourth-order valence-corrected chi connectivity index (χ4v) is 2.61. The van der Waals surface area contributed by atoms with Crippen LogP contribution in [0, 0.1) is 0 Å². The third kappa shape index (κ3) is 4.51. The zero-order chi connectivity index (χ0) is 13.5. The number of ether oxygens (including phenoxy) is 1. The summed E-state index contributed by atoms with van der Waals surface area (Å²) in [5.74, 6) is 0.955. The van der Waals surface area contributed by atoms with Gasteiger partial charge in [0, 0.05) is 19.1 Å². The van der Waals surface area contributed by atoms with Crippen LogP contribution in [0.25, 0.3) is 0 Å². The van der Waals surface area contributed by atoms with E-state index in [1.165, 1.54) is 31.5 Å². The van der Waals surface area contributed by atoms with Gasteiger partial charge in [0.05, 0.1) is 6.61 Å². The zero-order valence-corrected chi connectivity index (χ0v) is 12.2. The minimum absolute atomic E-state index is 0.644. The highest BCUT2D eigenvalue weighted by molar-refractivity contribution is 5.27. The molecule has 2 rings (SSSR count). The maximum atomic E-state index is 5.44. The van der Waals surface area contributed by atoms with E-state index >= 15 is 0 Å².